The molecule has 1 fully saturated rings. The maximum Gasteiger partial charge on any atom is 0.128 e. The van der Waals surface area contributed by atoms with Gasteiger partial charge in [0, 0.05) is 12.7 Å². The molecule has 6 heteroatoms. The number of aliphatic hydroxyl groups excluding tert-OH is 1. The first-order valence-corrected chi connectivity index (χ1v) is 8.57. The summed E-state index contributed by atoms with van der Waals surface area (Å²) in [6.07, 6.45) is 4.10. The average Bonchev–Trinajstić information content (AvgIpc) is 2.47. The Kier molecular flexibility index (Phi) is 6.09. The standard InChI is InChI=1S/C14H23N3O2S/c15-14-2-1-13(11-16-14)12-3-5-17(6-4-12)7-9-20(19)10-8-18/h1-2,11-12,18H,3-10H2,(H2,15,16). The van der Waals surface area contributed by atoms with Crippen molar-refractivity contribution in [3.8, 4) is 0 Å². The molecule has 1 aliphatic heterocycles. The molecular formula is C14H23N3O2S. The highest BCUT2D eigenvalue weighted by molar-refractivity contribution is 7.91. The third-order valence-corrected chi connectivity index (χ3v) is 5.10. The largest absolute Gasteiger partial charge is 0.616 e. The number of nitrogens with two attached hydrogens (primary N) is 1. The van der Waals surface area contributed by atoms with E-state index >= 15 is 0 Å². The van der Waals surface area contributed by atoms with E-state index < -0.39 is 11.2 Å². The fourth-order valence-electron chi connectivity index (χ4n) is 2.58. The summed E-state index contributed by atoms with van der Waals surface area (Å²) in [5.74, 6) is 2.18. The van der Waals surface area contributed by atoms with Crippen molar-refractivity contribution < 1.29 is 9.66 Å². The van der Waals surface area contributed by atoms with Crippen molar-refractivity contribution in [2.24, 2.45) is 0 Å². The lowest BCUT2D eigenvalue weighted by Crippen LogP contribution is -2.36. The van der Waals surface area contributed by atoms with Crippen LogP contribution in [0.5, 0.6) is 0 Å². The van der Waals surface area contributed by atoms with Crippen molar-refractivity contribution in [1.82, 2.24) is 9.88 Å². The normalized spacial score (nSPS) is 19.1. The van der Waals surface area contributed by atoms with E-state index in [2.05, 4.69) is 16.0 Å². The molecular weight excluding hydrogens is 274 g/mol. The molecule has 0 saturated carbocycles. The predicted octanol–water partition coefficient (Wildman–Crippen LogP) is 0.584. The molecule has 1 atom stereocenters. The van der Waals surface area contributed by atoms with Gasteiger partial charge in [-0.25, -0.2) is 4.98 Å². The summed E-state index contributed by atoms with van der Waals surface area (Å²) in [6, 6.07) is 3.93. The number of nitrogen functional groups attached to an aromatic ring is 1. The van der Waals surface area contributed by atoms with Gasteiger partial charge in [0.05, 0.1) is 6.61 Å². The van der Waals surface area contributed by atoms with Crippen LogP contribution in [0.1, 0.15) is 24.3 Å². The first-order valence-electron chi connectivity index (χ1n) is 7.08. The zero-order chi connectivity index (χ0) is 14.4. The molecule has 0 aliphatic carbocycles. The maximum absolute atomic E-state index is 11.5. The first-order chi connectivity index (χ1) is 9.69. The van der Waals surface area contributed by atoms with Gasteiger partial charge in [0.25, 0.3) is 0 Å². The second-order valence-electron chi connectivity index (χ2n) is 5.20. The third kappa shape index (κ3) is 4.63. The lowest BCUT2D eigenvalue weighted by molar-refractivity contribution is 0.223. The van der Waals surface area contributed by atoms with Gasteiger partial charge >= 0.3 is 0 Å². The molecule has 1 unspecified atom stereocenters. The van der Waals surface area contributed by atoms with Crippen molar-refractivity contribution in [3.05, 3.63) is 23.9 Å². The predicted molar refractivity (Wildman–Crippen MR) is 82.0 cm³/mol. The SMILES string of the molecule is Nc1ccc(C2CCN(CC[S+]([O-])CCO)CC2)cn1. The van der Waals surface area contributed by atoms with Gasteiger partial charge < -0.3 is 15.4 Å². The number of pyridine rings is 1. The van der Waals surface area contributed by atoms with E-state index in [0.29, 0.717) is 23.2 Å². The Balaban J connectivity index is 1.73. The molecule has 3 N–H and O–H groups in total. The molecule has 0 aromatic carbocycles. The smallest absolute Gasteiger partial charge is 0.128 e. The number of hydrogen-bond donors (Lipinski definition) is 2. The molecule has 5 nitrogen and oxygen atoms in total. The summed E-state index contributed by atoms with van der Waals surface area (Å²) in [5.41, 5.74) is 6.87. The van der Waals surface area contributed by atoms with Crippen LogP contribution < -0.4 is 5.73 Å². The van der Waals surface area contributed by atoms with Gasteiger partial charge in [-0.3, -0.25) is 4.90 Å². The minimum Gasteiger partial charge on any atom is -0.616 e. The van der Waals surface area contributed by atoms with E-state index in [0.717, 1.165) is 32.5 Å². The van der Waals surface area contributed by atoms with E-state index in [1.54, 1.807) is 0 Å². The van der Waals surface area contributed by atoms with Gasteiger partial charge in [0.1, 0.15) is 17.3 Å². The Labute approximate surface area is 123 Å². The van der Waals surface area contributed by atoms with Gasteiger partial charge in [-0.1, -0.05) is 17.2 Å². The monoisotopic (exact) mass is 297 g/mol. The van der Waals surface area contributed by atoms with Crippen molar-refractivity contribution in [1.29, 1.82) is 0 Å². The minimum atomic E-state index is -0.885. The minimum absolute atomic E-state index is 0.0127. The second kappa shape index (κ2) is 7.83. The topological polar surface area (TPSA) is 85.4 Å². The Morgan fingerprint density at radius 1 is 1.35 bits per heavy atom. The molecule has 20 heavy (non-hydrogen) atoms. The maximum atomic E-state index is 11.5. The molecule has 2 heterocycles. The fourth-order valence-corrected chi connectivity index (χ4v) is 3.45. The number of aliphatic hydroxyl groups is 1. The molecule has 1 aromatic heterocycles. The van der Waals surface area contributed by atoms with E-state index in [1.807, 2.05) is 12.3 Å². The van der Waals surface area contributed by atoms with Gasteiger partial charge in [0.2, 0.25) is 0 Å². The number of rotatable bonds is 6. The highest BCUT2D eigenvalue weighted by atomic mass is 32.2. The van der Waals surface area contributed by atoms with Crippen molar-refractivity contribution >= 4 is 17.0 Å². The van der Waals surface area contributed by atoms with E-state index in [1.165, 1.54) is 5.56 Å². The van der Waals surface area contributed by atoms with Gasteiger partial charge in [-0.15, -0.1) is 0 Å². The molecule has 0 bridgehead atoms. The van der Waals surface area contributed by atoms with Crippen LogP contribution in [0.4, 0.5) is 5.82 Å². The highest BCUT2D eigenvalue weighted by Crippen LogP contribution is 2.27. The molecule has 1 aliphatic rings. The summed E-state index contributed by atoms with van der Waals surface area (Å²) in [6.45, 7) is 2.94. The summed E-state index contributed by atoms with van der Waals surface area (Å²) < 4.78 is 11.5. The Bertz CT molecular complexity index is 394. The lowest BCUT2D eigenvalue weighted by atomic mass is 9.90. The van der Waals surface area contributed by atoms with Crippen molar-refractivity contribution in [2.45, 2.75) is 18.8 Å². The van der Waals surface area contributed by atoms with Crippen LogP contribution in [-0.4, -0.2) is 57.3 Å². The number of nitrogens with zero attached hydrogens (tertiary/aromatic N) is 2. The number of piperidine rings is 1. The summed E-state index contributed by atoms with van der Waals surface area (Å²) in [7, 11) is 0. The zero-order valence-corrected chi connectivity index (χ0v) is 12.5. The average molecular weight is 297 g/mol. The number of hydrogen-bond acceptors (Lipinski definition) is 5. The van der Waals surface area contributed by atoms with E-state index in [-0.39, 0.29) is 6.61 Å². The van der Waals surface area contributed by atoms with Crippen molar-refractivity contribution in [2.75, 3.05) is 43.5 Å². The Morgan fingerprint density at radius 2 is 2.10 bits per heavy atom. The first kappa shape index (κ1) is 15.6. The highest BCUT2D eigenvalue weighted by Gasteiger charge is 2.21. The number of aromatic nitrogens is 1. The van der Waals surface area contributed by atoms with Crippen LogP contribution in [0.3, 0.4) is 0 Å². The molecule has 2 rings (SSSR count). The van der Waals surface area contributed by atoms with Gasteiger partial charge in [0.15, 0.2) is 0 Å². The molecule has 0 spiro atoms. The third-order valence-electron chi connectivity index (χ3n) is 3.82. The van der Waals surface area contributed by atoms with Crippen LogP contribution >= 0.6 is 0 Å². The quantitative estimate of drug-likeness (QED) is 0.750. The fraction of sp³-hybridized carbons (Fsp3) is 0.643. The van der Waals surface area contributed by atoms with Crippen LogP contribution in [0, 0.1) is 0 Å². The molecule has 0 amide bonds. The van der Waals surface area contributed by atoms with E-state index in [4.69, 9.17) is 10.8 Å². The molecule has 112 valence electrons. The summed E-state index contributed by atoms with van der Waals surface area (Å²) in [4.78, 5) is 6.51. The zero-order valence-electron chi connectivity index (χ0n) is 11.7. The van der Waals surface area contributed by atoms with E-state index in [9.17, 15) is 4.55 Å². The van der Waals surface area contributed by atoms with Gasteiger partial charge in [-0.2, -0.15) is 0 Å². The van der Waals surface area contributed by atoms with Crippen LogP contribution in [0.15, 0.2) is 18.3 Å². The number of likely N-dealkylation sites (tertiary alicyclic amines) is 1. The Morgan fingerprint density at radius 3 is 2.70 bits per heavy atom. The van der Waals surface area contributed by atoms with Crippen LogP contribution in [0.25, 0.3) is 0 Å². The summed E-state index contributed by atoms with van der Waals surface area (Å²) >= 11 is -0.885. The number of anilines is 1. The molecule has 0 radical (unpaired) electrons. The van der Waals surface area contributed by atoms with Crippen molar-refractivity contribution in [3.63, 3.8) is 0 Å². The lowest BCUT2D eigenvalue weighted by Gasteiger charge is -2.31. The van der Waals surface area contributed by atoms with Gasteiger partial charge in [-0.05, 0) is 43.5 Å². The molecule has 1 saturated heterocycles. The summed E-state index contributed by atoms with van der Waals surface area (Å²) in [5, 5.41) is 8.73. The van der Waals surface area contributed by atoms with Crippen LogP contribution in [0.2, 0.25) is 0 Å². The Hall–Kier alpha value is -0.820. The van der Waals surface area contributed by atoms with Crippen LogP contribution in [-0.2, 0) is 11.2 Å². The second-order valence-corrected chi connectivity index (χ2v) is 6.90. The molecule has 1 aromatic rings.